The zero-order valence-corrected chi connectivity index (χ0v) is 54.3. The molecule has 1 saturated heterocycles. The van der Waals surface area contributed by atoms with E-state index in [9.17, 15) is 43.5 Å². The number of aromatic nitrogens is 6. The van der Waals surface area contributed by atoms with Gasteiger partial charge in [-0.3, -0.25) is 38.9 Å². The third-order valence-electron chi connectivity index (χ3n) is 14.8. The first-order valence-corrected chi connectivity index (χ1v) is 33.6. The Balaban J connectivity index is 0.980. The summed E-state index contributed by atoms with van der Waals surface area (Å²) in [6.45, 7) is 5.53. The van der Waals surface area contributed by atoms with Crippen LogP contribution in [0.4, 0.5) is 10.6 Å². The Morgan fingerprint density at radius 2 is 1.54 bits per heavy atom. The predicted octanol–water partition coefficient (Wildman–Crippen LogP) is 6.39. The molecule has 6 aromatic heterocycles. The van der Waals surface area contributed by atoms with Crippen LogP contribution in [0.2, 0.25) is 0 Å². The van der Waals surface area contributed by atoms with Crippen molar-refractivity contribution in [3.63, 3.8) is 0 Å². The van der Waals surface area contributed by atoms with E-state index in [4.69, 9.17) is 40.1 Å². The second kappa shape index (κ2) is 28.8. The number of hydrogen-bond donors (Lipinski definition) is 8. The standard InChI is InChI=1S/C58H63N15O11S6/c1-27(2)42-57-72(5)46(37(90-57)22-83-6)51(81)61-21-40(75)69-45(47(77)29-12-8-7-9-13-29)56-66-35(25-87-56)54-64-33(23-86-54)44-30(52-65-34(24-85-52)49(79)63-32(20-39(74)60-4)55-71-43(28(3)89-55)50(80)70-42)16-17-31(62-44)53-67-38(26-88-53)68-58(82)84-19-11-15-41(76)73-18-10-14-36(73)48(59)78/h7-9,12-13,16-17,23-27,32,36,42,45,47,57,77H,10-11,14-15,18-22H2,1-6H3,(H2,59,78)(H,60,74)(H,61,81)(H,63,79)(H,68,82)(H,69,75)(H,70,80)/t32-,36-,42-,45-,47-,57?/m0/s1. The quantitative estimate of drug-likeness (QED) is 0.0547. The van der Waals surface area contributed by atoms with Crippen molar-refractivity contribution in [2.24, 2.45) is 11.7 Å². The molecule has 90 heavy (non-hydrogen) atoms. The van der Waals surface area contributed by atoms with Gasteiger partial charge in [-0.25, -0.2) is 34.7 Å². The minimum absolute atomic E-state index is 0.0142. The summed E-state index contributed by atoms with van der Waals surface area (Å²) in [5.41, 5.74) is 8.31. The largest absolute Gasteiger partial charge is 0.449 e. The van der Waals surface area contributed by atoms with E-state index in [0.717, 1.165) is 22.7 Å². The molecule has 1 fully saturated rings. The molecule has 32 heteroatoms. The average molecular weight is 1340 g/mol. The molecule has 10 rings (SSSR count). The highest BCUT2D eigenvalue weighted by Crippen LogP contribution is 2.42. The number of benzene rings is 1. The molecule has 0 radical (unpaired) electrons. The van der Waals surface area contributed by atoms with E-state index in [1.807, 2.05) is 13.8 Å². The number of thioether (sulfide) groups is 1. The number of amides is 8. The summed E-state index contributed by atoms with van der Waals surface area (Å²) >= 11 is 7.29. The van der Waals surface area contributed by atoms with Crippen LogP contribution >= 0.6 is 68.4 Å². The van der Waals surface area contributed by atoms with Gasteiger partial charge in [0, 0.05) is 71.0 Å². The van der Waals surface area contributed by atoms with E-state index in [0.29, 0.717) is 88.1 Å². The molecule has 9 N–H and O–H groups in total. The molecule has 26 nitrogen and oxygen atoms in total. The zero-order chi connectivity index (χ0) is 63.9. The van der Waals surface area contributed by atoms with E-state index >= 15 is 0 Å². The molecule has 1 aromatic carbocycles. The van der Waals surface area contributed by atoms with Crippen LogP contribution in [0.1, 0.15) is 106 Å². The van der Waals surface area contributed by atoms with Gasteiger partial charge in [-0.05, 0) is 49.8 Å². The average Bonchev–Trinajstić information content (AvgIpc) is 1.86. The highest BCUT2D eigenvalue weighted by molar-refractivity contribution is 8.04. The van der Waals surface area contributed by atoms with Gasteiger partial charge in [-0.15, -0.1) is 56.7 Å². The van der Waals surface area contributed by atoms with Crippen molar-refractivity contribution in [1.82, 2.24) is 66.3 Å². The Morgan fingerprint density at radius 1 is 0.811 bits per heavy atom. The van der Waals surface area contributed by atoms with Crippen molar-refractivity contribution in [2.75, 3.05) is 52.8 Å². The highest BCUT2D eigenvalue weighted by Gasteiger charge is 2.42. The van der Waals surface area contributed by atoms with Crippen LogP contribution < -0.4 is 37.6 Å². The van der Waals surface area contributed by atoms with E-state index in [2.05, 4.69) is 36.9 Å². The third-order valence-corrected chi connectivity index (χ3v) is 20.9. The first kappa shape index (κ1) is 64.9. The van der Waals surface area contributed by atoms with Crippen LogP contribution in [0.3, 0.4) is 0 Å². The summed E-state index contributed by atoms with van der Waals surface area (Å²) in [5.74, 6) is -3.54. The molecule has 3 aliphatic rings. The molecule has 0 spiro atoms. The fourth-order valence-corrected chi connectivity index (χ4v) is 16.1. The van der Waals surface area contributed by atoms with Crippen LogP contribution in [-0.2, 0) is 33.4 Å². The number of aliphatic hydroxyl groups is 1. The molecular weight excluding hydrogens is 1280 g/mol. The number of hydrogen-bond acceptors (Lipinski definition) is 24. The van der Waals surface area contributed by atoms with Crippen molar-refractivity contribution in [3.05, 3.63) is 106 Å². The fourth-order valence-electron chi connectivity index (χ4n) is 10.3. The number of methoxy groups -OCH3 is 1. The van der Waals surface area contributed by atoms with Crippen molar-refractivity contribution in [3.8, 4) is 43.4 Å². The van der Waals surface area contributed by atoms with Crippen LogP contribution in [0.25, 0.3) is 43.4 Å². The monoisotopic (exact) mass is 1340 g/mol. The molecule has 10 bridgehead atoms. The number of nitrogens with zero attached hydrogens (tertiary/aromatic N) is 8. The lowest BCUT2D eigenvalue weighted by Crippen LogP contribution is -2.51. The maximum Gasteiger partial charge on any atom is 0.412 e. The molecular formula is C58H63N15O11S6. The van der Waals surface area contributed by atoms with Gasteiger partial charge in [0.2, 0.25) is 23.6 Å². The minimum atomic E-state index is -1.28. The molecule has 8 amide bonds. The summed E-state index contributed by atoms with van der Waals surface area (Å²) in [6.07, 6.45) is -0.820. The van der Waals surface area contributed by atoms with Crippen molar-refractivity contribution >= 4 is 122 Å². The Labute approximate surface area is 540 Å². The van der Waals surface area contributed by atoms with Crippen LogP contribution in [0, 0.1) is 12.8 Å². The minimum Gasteiger partial charge on any atom is -0.449 e. The maximum absolute atomic E-state index is 14.4. The van der Waals surface area contributed by atoms with Gasteiger partial charge in [0.1, 0.15) is 83.2 Å². The van der Waals surface area contributed by atoms with E-state index in [1.165, 1.54) is 64.8 Å². The molecule has 3 aliphatic heterocycles. The van der Waals surface area contributed by atoms with Crippen LogP contribution in [0.5, 0.6) is 0 Å². The number of aryl methyl sites for hydroxylation is 1. The summed E-state index contributed by atoms with van der Waals surface area (Å²) in [5, 5.41) is 37.0. The van der Waals surface area contributed by atoms with E-state index < -0.39 is 83.7 Å². The first-order chi connectivity index (χ1) is 43.3. The summed E-state index contributed by atoms with van der Waals surface area (Å²) < 4.78 is 10.9. The number of likely N-dealkylation sites (N-methyl/N-ethyl adjacent to an activating group) is 1. The lowest BCUT2D eigenvalue weighted by molar-refractivity contribution is -0.137. The Kier molecular flexibility index (Phi) is 20.8. The van der Waals surface area contributed by atoms with Crippen molar-refractivity contribution < 1.29 is 52.9 Å². The second-order valence-electron chi connectivity index (χ2n) is 21.3. The van der Waals surface area contributed by atoms with E-state index in [1.54, 1.807) is 82.9 Å². The number of rotatable bonds is 14. The summed E-state index contributed by atoms with van der Waals surface area (Å²) in [7, 11) is 4.70. The zero-order valence-electron chi connectivity index (χ0n) is 49.4. The highest BCUT2D eigenvalue weighted by atomic mass is 32.2. The molecule has 9 heterocycles. The number of fused-ring (bicyclic) bond motifs is 14. The number of nitrogens with one attached hydrogen (secondary N) is 6. The lowest BCUT2D eigenvalue weighted by atomic mass is 10.0. The second-order valence-corrected chi connectivity index (χ2v) is 27.2. The molecule has 0 aliphatic carbocycles. The molecule has 7 aromatic rings. The van der Waals surface area contributed by atoms with Gasteiger partial charge in [-0.2, -0.15) is 0 Å². The van der Waals surface area contributed by atoms with Gasteiger partial charge in [0.25, 0.3) is 17.7 Å². The number of anilines is 1. The Hall–Kier alpha value is -8.11. The molecule has 0 saturated carbocycles. The number of carbonyl (C=O) groups excluding carboxylic acids is 8. The Bertz CT molecular complexity index is 3880. The number of thiazole rings is 5. The fraction of sp³-hybridized carbons (Fsp3) is 0.379. The van der Waals surface area contributed by atoms with Gasteiger partial charge in [0.05, 0.1) is 49.3 Å². The van der Waals surface area contributed by atoms with Gasteiger partial charge < -0.3 is 56.7 Å². The number of pyridine rings is 1. The smallest absolute Gasteiger partial charge is 0.412 e. The topological polar surface area (TPSA) is 357 Å². The Morgan fingerprint density at radius 3 is 2.30 bits per heavy atom. The molecule has 6 atom stereocenters. The number of likely N-dealkylation sites (tertiary alicyclic amines) is 1. The summed E-state index contributed by atoms with van der Waals surface area (Å²) in [6, 6.07) is 8.95. The van der Waals surface area contributed by atoms with Crippen molar-refractivity contribution in [1.29, 1.82) is 0 Å². The SMILES string of the molecule is CNC(=O)C[C@@H]1NC(=O)c2csc(n2)-c2ccc(-c3nc(NC(=O)OCCCC(=O)N4CCC[C@H]4C(N)=O)cs3)nc2-c2csc(n2)-c2csc(n2)[C@H]([C@@H](O)c2ccccc2)NC(=O)CNC(=O)C2=C(COC)SC([C@H](C(C)C)NC(=O)c3nc1sc3C)N2C. The number of carbonyl (C=O) groups is 8. The predicted molar refractivity (Wildman–Crippen MR) is 342 cm³/mol. The van der Waals surface area contributed by atoms with Crippen LogP contribution in [0.15, 0.2) is 74.6 Å². The number of aliphatic hydroxyl groups excluding tert-OH is 1. The van der Waals surface area contributed by atoms with Crippen molar-refractivity contribution in [2.45, 2.75) is 88.5 Å². The number of nitrogens with two attached hydrogens (primary N) is 1. The van der Waals surface area contributed by atoms with Gasteiger partial charge in [0.15, 0.2) is 0 Å². The van der Waals surface area contributed by atoms with E-state index in [-0.39, 0.29) is 67.2 Å². The van der Waals surface area contributed by atoms with Gasteiger partial charge in [-0.1, -0.05) is 55.9 Å². The lowest BCUT2D eigenvalue weighted by Gasteiger charge is -2.34. The normalized spacial score (nSPS) is 19.4. The van der Waals surface area contributed by atoms with Gasteiger partial charge >= 0.3 is 6.09 Å². The third kappa shape index (κ3) is 14.7. The first-order valence-electron chi connectivity index (χ1n) is 28.4. The summed E-state index contributed by atoms with van der Waals surface area (Å²) in [4.78, 5) is 141. The maximum atomic E-state index is 14.4. The molecule has 1 unspecified atom stereocenters. The number of ether oxygens (including phenoxy) is 2. The van der Waals surface area contributed by atoms with Crippen LogP contribution in [-0.4, -0.2) is 157 Å². The number of primary amides is 1. The molecule has 472 valence electrons.